The van der Waals surface area contributed by atoms with E-state index in [1.54, 1.807) is 0 Å². The first-order valence-corrected chi connectivity index (χ1v) is 4.67. The second-order valence-electron chi connectivity index (χ2n) is 3.18. The average Bonchev–Trinajstić information content (AvgIpc) is 2.19. The molecule has 0 atom stereocenters. The van der Waals surface area contributed by atoms with Gasteiger partial charge >= 0.3 is 0 Å². The van der Waals surface area contributed by atoms with Crippen LogP contribution in [0.4, 0.5) is 0 Å². The SMILES string of the molecule is C/C=C/c1nc2ccccc2nc1C. The lowest BCUT2D eigenvalue weighted by molar-refractivity contribution is 1.16. The second kappa shape index (κ2) is 3.58. The van der Waals surface area contributed by atoms with Crippen molar-refractivity contribution in [2.75, 3.05) is 0 Å². The molecule has 2 heteroatoms. The van der Waals surface area contributed by atoms with E-state index in [0.717, 1.165) is 22.4 Å². The molecule has 0 radical (unpaired) electrons. The Balaban J connectivity index is 2.70. The van der Waals surface area contributed by atoms with Gasteiger partial charge in [0.2, 0.25) is 0 Å². The van der Waals surface area contributed by atoms with Crippen LogP contribution in [0, 0.1) is 6.92 Å². The highest BCUT2D eigenvalue weighted by molar-refractivity contribution is 5.75. The predicted molar refractivity (Wildman–Crippen MR) is 59.0 cm³/mol. The molecule has 0 N–H and O–H groups in total. The van der Waals surface area contributed by atoms with Gasteiger partial charge in [-0.2, -0.15) is 0 Å². The minimum Gasteiger partial charge on any atom is -0.249 e. The van der Waals surface area contributed by atoms with E-state index in [-0.39, 0.29) is 0 Å². The normalized spacial score (nSPS) is 11.3. The quantitative estimate of drug-likeness (QED) is 0.681. The third kappa shape index (κ3) is 1.51. The van der Waals surface area contributed by atoms with Gasteiger partial charge in [0.15, 0.2) is 0 Å². The first-order chi connectivity index (χ1) is 6.81. The van der Waals surface area contributed by atoms with Gasteiger partial charge in [-0.3, -0.25) is 0 Å². The maximum atomic E-state index is 4.52. The fourth-order valence-electron chi connectivity index (χ4n) is 1.42. The Labute approximate surface area is 83.3 Å². The van der Waals surface area contributed by atoms with Crippen molar-refractivity contribution in [3.63, 3.8) is 0 Å². The third-order valence-corrected chi connectivity index (χ3v) is 2.11. The Morgan fingerprint density at radius 3 is 2.36 bits per heavy atom. The summed E-state index contributed by atoms with van der Waals surface area (Å²) in [6.45, 7) is 3.96. The van der Waals surface area contributed by atoms with Crippen molar-refractivity contribution < 1.29 is 0 Å². The van der Waals surface area contributed by atoms with Crippen LogP contribution >= 0.6 is 0 Å². The van der Waals surface area contributed by atoms with Crippen molar-refractivity contribution >= 4 is 17.1 Å². The smallest absolute Gasteiger partial charge is 0.0894 e. The van der Waals surface area contributed by atoms with Crippen LogP contribution in [0.2, 0.25) is 0 Å². The fourth-order valence-corrected chi connectivity index (χ4v) is 1.42. The molecule has 0 aliphatic carbocycles. The van der Waals surface area contributed by atoms with Crippen molar-refractivity contribution in [3.05, 3.63) is 41.7 Å². The van der Waals surface area contributed by atoms with Gasteiger partial charge in [-0.05, 0) is 32.1 Å². The molecule has 1 aromatic carbocycles. The van der Waals surface area contributed by atoms with Gasteiger partial charge in [0.25, 0.3) is 0 Å². The summed E-state index contributed by atoms with van der Waals surface area (Å²) >= 11 is 0. The Morgan fingerprint density at radius 1 is 1.07 bits per heavy atom. The van der Waals surface area contributed by atoms with Gasteiger partial charge in [-0.25, -0.2) is 9.97 Å². The zero-order valence-corrected chi connectivity index (χ0v) is 8.36. The van der Waals surface area contributed by atoms with Crippen LogP contribution in [0.5, 0.6) is 0 Å². The number of para-hydroxylation sites is 2. The Morgan fingerprint density at radius 2 is 1.71 bits per heavy atom. The molecule has 14 heavy (non-hydrogen) atoms. The molecule has 2 aromatic rings. The van der Waals surface area contributed by atoms with Crippen LogP contribution < -0.4 is 0 Å². The number of aromatic nitrogens is 2. The van der Waals surface area contributed by atoms with Crippen molar-refractivity contribution in [1.29, 1.82) is 0 Å². The molecule has 2 rings (SSSR count). The zero-order chi connectivity index (χ0) is 9.97. The van der Waals surface area contributed by atoms with E-state index < -0.39 is 0 Å². The van der Waals surface area contributed by atoms with Gasteiger partial charge in [0, 0.05) is 0 Å². The van der Waals surface area contributed by atoms with Crippen molar-refractivity contribution in [1.82, 2.24) is 9.97 Å². The molecular formula is C12H12N2. The Kier molecular flexibility index (Phi) is 2.27. The summed E-state index contributed by atoms with van der Waals surface area (Å²) in [7, 11) is 0. The minimum atomic E-state index is 0.950. The number of aryl methyl sites for hydroxylation is 1. The van der Waals surface area contributed by atoms with Gasteiger partial charge < -0.3 is 0 Å². The summed E-state index contributed by atoms with van der Waals surface area (Å²) in [6.07, 6.45) is 3.96. The molecule has 0 saturated heterocycles. The number of benzene rings is 1. The van der Waals surface area contributed by atoms with Gasteiger partial charge in [0.05, 0.1) is 22.4 Å². The molecule has 0 unspecified atom stereocenters. The van der Waals surface area contributed by atoms with Gasteiger partial charge in [-0.1, -0.05) is 18.2 Å². The number of allylic oxidation sites excluding steroid dienone is 1. The zero-order valence-electron chi connectivity index (χ0n) is 8.36. The van der Waals surface area contributed by atoms with Crippen LogP contribution in [0.25, 0.3) is 17.1 Å². The lowest BCUT2D eigenvalue weighted by atomic mass is 10.2. The van der Waals surface area contributed by atoms with Crippen LogP contribution in [0.1, 0.15) is 18.3 Å². The van der Waals surface area contributed by atoms with E-state index in [9.17, 15) is 0 Å². The molecule has 2 nitrogen and oxygen atoms in total. The predicted octanol–water partition coefficient (Wildman–Crippen LogP) is 2.97. The molecule has 70 valence electrons. The summed E-state index contributed by atoms with van der Waals surface area (Å²) in [5, 5.41) is 0. The number of fused-ring (bicyclic) bond motifs is 1. The van der Waals surface area contributed by atoms with Gasteiger partial charge in [-0.15, -0.1) is 0 Å². The number of nitrogens with zero attached hydrogens (tertiary/aromatic N) is 2. The van der Waals surface area contributed by atoms with Crippen LogP contribution in [-0.4, -0.2) is 9.97 Å². The second-order valence-corrected chi connectivity index (χ2v) is 3.18. The van der Waals surface area contributed by atoms with E-state index in [1.165, 1.54) is 0 Å². The molecule has 0 aliphatic rings. The topological polar surface area (TPSA) is 25.8 Å². The number of rotatable bonds is 1. The maximum Gasteiger partial charge on any atom is 0.0894 e. The lowest BCUT2D eigenvalue weighted by Crippen LogP contribution is -1.92. The summed E-state index contributed by atoms with van der Waals surface area (Å²) in [5.74, 6) is 0. The van der Waals surface area contributed by atoms with E-state index in [0.29, 0.717) is 0 Å². The van der Waals surface area contributed by atoms with Crippen LogP contribution in [-0.2, 0) is 0 Å². The standard InChI is InChI=1S/C12H12N2/c1-3-6-10-9(2)13-11-7-4-5-8-12(11)14-10/h3-8H,1-2H3/b6-3+. The summed E-state index contributed by atoms with van der Waals surface area (Å²) in [6, 6.07) is 7.92. The first kappa shape index (κ1) is 8.88. The van der Waals surface area contributed by atoms with E-state index >= 15 is 0 Å². The average molecular weight is 184 g/mol. The van der Waals surface area contributed by atoms with E-state index in [1.807, 2.05) is 50.3 Å². The van der Waals surface area contributed by atoms with Gasteiger partial charge in [0.1, 0.15) is 0 Å². The van der Waals surface area contributed by atoms with Crippen molar-refractivity contribution in [3.8, 4) is 0 Å². The molecule has 0 spiro atoms. The molecule has 0 bridgehead atoms. The molecule has 0 fully saturated rings. The summed E-state index contributed by atoms with van der Waals surface area (Å²) < 4.78 is 0. The third-order valence-electron chi connectivity index (χ3n) is 2.11. The Hall–Kier alpha value is -1.70. The number of hydrogen-bond acceptors (Lipinski definition) is 2. The molecule has 1 aromatic heterocycles. The Bertz CT molecular complexity index is 487. The molecule has 0 saturated carbocycles. The molecule has 0 amide bonds. The highest BCUT2D eigenvalue weighted by Gasteiger charge is 2.00. The van der Waals surface area contributed by atoms with Crippen molar-refractivity contribution in [2.45, 2.75) is 13.8 Å². The van der Waals surface area contributed by atoms with E-state index in [2.05, 4.69) is 9.97 Å². The number of hydrogen-bond donors (Lipinski definition) is 0. The largest absolute Gasteiger partial charge is 0.249 e. The molecule has 0 aliphatic heterocycles. The molecule has 1 heterocycles. The van der Waals surface area contributed by atoms with E-state index in [4.69, 9.17) is 0 Å². The first-order valence-electron chi connectivity index (χ1n) is 4.67. The highest BCUT2D eigenvalue weighted by Crippen LogP contribution is 2.12. The maximum absolute atomic E-state index is 4.52. The van der Waals surface area contributed by atoms with Crippen LogP contribution in [0.3, 0.4) is 0 Å². The monoisotopic (exact) mass is 184 g/mol. The summed E-state index contributed by atoms with van der Waals surface area (Å²) in [5.41, 5.74) is 3.83. The van der Waals surface area contributed by atoms with Crippen LogP contribution in [0.15, 0.2) is 30.3 Å². The minimum absolute atomic E-state index is 0.950. The summed E-state index contributed by atoms with van der Waals surface area (Å²) in [4.78, 5) is 9.00. The molecular weight excluding hydrogens is 172 g/mol. The fraction of sp³-hybridized carbons (Fsp3) is 0.167. The highest BCUT2D eigenvalue weighted by atomic mass is 14.8. The lowest BCUT2D eigenvalue weighted by Gasteiger charge is -2.01. The van der Waals surface area contributed by atoms with Crippen molar-refractivity contribution in [2.24, 2.45) is 0 Å².